The molecule has 0 fully saturated rings. The fraction of sp³-hybridized carbons (Fsp3) is 0.375. The zero-order valence-electron chi connectivity index (χ0n) is 12.6. The summed E-state index contributed by atoms with van der Waals surface area (Å²) in [5.41, 5.74) is 2.01. The summed E-state index contributed by atoms with van der Waals surface area (Å²) in [6, 6.07) is 5.39. The van der Waals surface area contributed by atoms with Crippen molar-refractivity contribution in [3.8, 4) is 11.5 Å². The van der Waals surface area contributed by atoms with Gasteiger partial charge in [-0.1, -0.05) is 0 Å². The molecule has 5 nitrogen and oxygen atoms in total. The third kappa shape index (κ3) is 2.91. The van der Waals surface area contributed by atoms with Gasteiger partial charge in [0.2, 0.25) is 5.91 Å². The summed E-state index contributed by atoms with van der Waals surface area (Å²) in [6.07, 6.45) is 0.218. The van der Waals surface area contributed by atoms with E-state index in [4.69, 9.17) is 9.47 Å². The first-order chi connectivity index (χ1) is 9.97. The van der Waals surface area contributed by atoms with E-state index in [2.05, 4.69) is 5.32 Å². The topological polar surface area (TPSA) is 64.6 Å². The number of hydrogen-bond acceptors (Lipinski definition) is 4. The Labute approximate surface area is 123 Å². The summed E-state index contributed by atoms with van der Waals surface area (Å²) in [5.74, 6) is 0.829. The third-order valence-electron chi connectivity index (χ3n) is 3.66. The van der Waals surface area contributed by atoms with Crippen LogP contribution in [-0.4, -0.2) is 25.9 Å². The minimum absolute atomic E-state index is 0.0534. The number of ketones is 1. The van der Waals surface area contributed by atoms with Gasteiger partial charge in [-0.05, 0) is 32.0 Å². The van der Waals surface area contributed by atoms with E-state index in [9.17, 15) is 9.59 Å². The van der Waals surface area contributed by atoms with Crippen molar-refractivity contribution in [2.24, 2.45) is 0 Å². The number of benzene rings is 1. The van der Waals surface area contributed by atoms with Gasteiger partial charge in [0, 0.05) is 29.2 Å². The quantitative estimate of drug-likeness (QED) is 0.922. The Kier molecular flexibility index (Phi) is 4.31. The first-order valence-electron chi connectivity index (χ1n) is 6.71. The summed E-state index contributed by atoms with van der Waals surface area (Å²) in [4.78, 5) is 23.8. The minimum Gasteiger partial charge on any atom is -0.497 e. The standard InChI is InChI=1S/C16H19NO4/c1-9-16(10(2)18)13(8-15(19)17-9)12-7-11(20-3)5-6-14(12)21-4/h5-7,13H,8H2,1-4H3,(H,17,19). The molecule has 1 N–H and O–H groups in total. The van der Waals surface area contributed by atoms with Gasteiger partial charge in [0.15, 0.2) is 5.78 Å². The number of methoxy groups -OCH3 is 2. The Bertz CT molecular complexity index is 619. The highest BCUT2D eigenvalue weighted by atomic mass is 16.5. The van der Waals surface area contributed by atoms with Crippen molar-refractivity contribution in [2.45, 2.75) is 26.2 Å². The van der Waals surface area contributed by atoms with Crippen LogP contribution in [0.3, 0.4) is 0 Å². The molecule has 5 heteroatoms. The molecular formula is C16H19NO4. The number of allylic oxidation sites excluding steroid dienone is 2. The summed E-state index contributed by atoms with van der Waals surface area (Å²) < 4.78 is 10.6. The highest BCUT2D eigenvalue weighted by Crippen LogP contribution is 2.39. The van der Waals surface area contributed by atoms with Crippen LogP contribution in [0.4, 0.5) is 0 Å². The zero-order chi connectivity index (χ0) is 15.6. The number of ether oxygens (including phenoxy) is 2. The van der Waals surface area contributed by atoms with Gasteiger partial charge in [0.1, 0.15) is 11.5 Å². The van der Waals surface area contributed by atoms with Crippen molar-refractivity contribution >= 4 is 11.7 Å². The Morgan fingerprint density at radius 2 is 2.00 bits per heavy atom. The van der Waals surface area contributed by atoms with Crippen LogP contribution in [0, 0.1) is 0 Å². The molecule has 112 valence electrons. The van der Waals surface area contributed by atoms with E-state index < -0.39 is 0 Å². The average Bonchev–Trinajstić information content (AvgIpc) is 2.45. The van der Waals surface area contributed by atoms with Crippen LogP contribution in [0.5, 0.6) is 11.5 Å². The van der Waals surface area contributed by atoms with E-state index in [0.29, 0.717) is 22.8 Å². The second-order valence-corrected chi connectivity index (χ2v) is 5.01. The van der Waals surface area contributed by atoms with E-state index in [1.807, 2.05) is 6.07 Å². The summed E-state index contributed by atoms with van der Waals surface area (Å²) >= 11 is 0. The van der Waals surface area contributed by atoms with E-state index in [1.54, 1.807) is 33.3 Å². The van der Waals surface area contributed by atoms with Gasteiger partial charge >= 0.3 is 0 Å². The van der Waals surface area contributed by atoms with E-state index in [0.717, 1.165) is 5.56 Å². The number of Topliss-reactive ketones (excluding diaryl/α,β-unsaturated/α-hetero) is 1. The number of hydrogen-bond donors (Lipinski definition) is 1. The van der Waals surface area contributed by atoms with E-state index >= 15 is 0 Å². The molecule has 0 saturated heterocycles. The van der Waals surface area contributed by atoms with Gasteiger partial charge in [-0.3, -0.25) is 9.59 Å². The molecule has 0 bridgehead atoms. The lowest BCUT2D eigenvalue weighted by atomic mass is 9.82. The van der Waals surface area contributed by atoms with Crippen LogP contribution in [0.2, 0.25) is 0 Å². The van der Waals surface area contributed by atoms with Crippen LogP contribution in [0.25, 0.3) is 0 Å². The van der Waals surface area contributed by atoms with Crippen LogP contribution in [0.1, 0.15) is 31.7 Å². The minimum atomic E-state index is -0.318. The number of carbonyl (C=O) groups excluding carboxylic acids is 2. The van der Waals surface area contributed by atoms with Crippen LogP contribution in [0.15, 0.2) is 29.5 Å². The number of amides is 1. The molecule has 1 amide bonds. The lowest BCUT2D eigenvalue weighted by Gasteiger charge is -2.27. The third-order valence-corrected chi connectivity index (χ3v) is 3.66. The molecule has 0 aromatic heterocycles. The summed E-state index contributed by atoms with van der Waals surface area (Å²) in [6.45, 7) is 3.25. The van der Waals surface area contributed by atoms with Crippen molar-refractivity contribution in [2.75, 3.05) is 14.2 Å². The number of rotatable bonds is 4. The Balaban J connectivity index is 2.59. The SMILES string of the molecule is COc1ccc(OC)c(C2CC(=O)NC(C)=C2C(C)=O)c1. The van der Waals surface area contributed by atoms with Crippen molar-refractivity contribution in [3.05, 3.63) is 35.0 Å². The lowest BCUT2D eigenvalue weighted by molar-refractivity contribution is -0.121. The highest BCUT2D eigenvalue weighted by molar-refractivity contribution is 5.99. The van der Waals surface area contributed by atoms with Gasteiger partial charge < -0.3 is 14.8 Å². The van der Waals surface area contributed by atoms with E-state index in [-0.39, 0.29) is 24.0 Å². The molecule has 0 aliphatic carbocycles. The second kappa shape index (κ2) is 5.99. The second-order valence-electron chi connectivity index (χ2n) is 5.01. The molecule has 2 rings (SSSR count). The predicted octanol–water partition coefficient (Wildman–Crippen LogP) is 2.17. The highest BCUT2D eigenvalue weighted by Gasteiger charge is 2.32. The van der Waals surface area contributed by atoms with Gasteiger partial charge in [-0.25, -0.2) is 0 Å². The number of carbonyl (C=O) groups is 2. The van der Waals surface area contributed by atoms with Gasteiger partial charge in [-0.15, -0.1) is 0 Å². The molecule has 1 unspecified atom stereocenters. The van der Waals surface area contributed by atoms with Gasteiger partial charge in [0.25, 0.3) is 0 Å². The Morgan fingerprint density at radius 3 is 2.57 bits per heavy atom. The van der Waals surface area contributed by atoms with Gasteiger partial charge in [0.05, 0.1) is 14.2 Å². The molecule has 0 spiro atoms. The fourth-order valence-corrected chi connectivity index (χ4v) is 2.76. The molecule has 1 aromatic carbocycles. The maximum Gasteiger partial charge on any atom is 0.225 e. The van der Waals surface area contributed by atoms with Crippen molar-refractivity contribution in [1.82, 2.24) is 5.32 Å². The van der Waals surface area contributed by atoms with Crippen LogP contribution in [-0.2, 0) is 9.59 Å². The molecule has 21 heavy (non-hydrogen) atoms. The average molecular weight is 289 g/mol. The lowest BCUT2D eigenvalue weighted by Crippen LogP contribution is -2.33. The fourth-order valence-electron chi connectivity index (χ4n) is 2.76. The zero-order valence-corrected chi connectivity index (χ0v) is 12.6. The predicted molar refractivity (Wildman–Crippen MR) is 78.4 cm³/mol. The molecule has 1 aromatic rings. The van der Waals surface area contributed by atoms with Crippen molar-refractivity contribution < 1.29 is 19.1 Å². The molecule has 1 atom stereocenters. The monoisotopic (exact) mass is 289 g/mol. The molecule has 1 heterocycles. The largest absolute Gasteiger partial charge is 0.497 e. The van der Waals surface area contributed by atoms with Gasteiger partial charge in [-0.2, -0.15) is 0 Å². The van der Waals surface area contributed by atoms with Crippen LogP contribution >= 0.6 is 0 Å². The normalized spacial score (nSPS) is 18.3. The maximum absolute atomic E-state index is 12.0. The smallest absolute Gasteiger partial charge is 0.225 e. The summed E-state index contributed by atoms with van der Waals surface area (Å²) in [5, 5.41) is 2.72. The molecule has 1 aliphatic rings. The maximum atomic E-state index is 12.0. The molecule has 0 saturated carbocycles. The molecular weight excluding hydrogens is 270 g/mol. The summed E-state index contributed by atoms with van der Waals surface area (Å²) in [7, 11) is 3.14. The first kappa shape index (κ1) is 15.1. The first-order valence-corrected chi connectivity index (χ1v) is 6.71. The molecule has 1 aliphatic heterocycles. The molecule has 0 radical (unpaired) electrons. The van der Waals surface area contributed by atoms with E-state index in [1.165, 1.54) is 6.92 Å². The van der Waals surface area contributed by atoms with Crippen LogP contribution < -0.4 is 14.8 Å². The van der Waals surface area contributed by atoms with Crippen molar-refractivity contribution in [1.29, 1.82) is 0 Å². The number of nitrogens with one attached hydrogen (secondary N) is 1. The Hall–Kier alpha value is -2.30. The Morgan fingerprint density at radius 1 is 1.29 bits per heavy atom. The van der Waals surface area contributed by atoms with Crippen molar-refractivity contribution in [3.63, 3.8) is 0 Å².